The summed E-state index contributed by atoms with van der Waals surface area (Å²) in [6, 6.07) is 22.5. The number of nitrogens with zero attached hydrogens (tertiary/aromatic N) is 2. The molecule has 1 heterocycles. The Morgan fingerprint density at radius 2 is 1.46 bits per heavy atom. The maximum atomic E-state index is 13.5. The number of carbonyl (C=O) groups excluding carboxylic acids is 2. The Morgan fingerprint density at radius 1 is 0.829 bits per heavy atom. The van der Waals surface area contributed by atoms with Gasteiger partial charge in [-0.2, -0.15) is 4.57 Å². The van der Waals surface area contributed by atoms with Crippen LogP contribution in [0.5, 0.6) is 0 Å². The lowest BCUT2D eigenvalue weighted by atomic mass is 9.90. The molecule has 1 aliphatic rings. The normalized spacial score (nSPS) is 13.6. The first-order valence-corrected chi connectivity index (χ1v) is 12.5. The number of carbonyl (C=O) groups is 2. The molecule has 5 rings (SSSR count). The van der Waals surface area contributed by atoms with Crippen molar-refractivity contribution in [2.24, 2.45) is 0 Å². The molecule has 174 valence electrons. The summed E-state index contributed by atoms with van der Waals surface area (Å²) >= 11 is 0. The Kier molecular flexibility index (Phi) is 5.66. The standard InChI is InChI=1S/C27H21N3O4S/c1-19-11-13-21(14-12-19)35(33,34)28-24-25(27(32)23-10-6-5-9-22(23)26(24)31)30-16-15-29(18-30)17-20-7-3-2-4-8-20/h2-16,18H,17H2,1H3/p+1. The smallest absolute Gasteiger partial charge is 0.262 e. The van der Waals surface area contributed by atoms with Crippen molar-refractivity contribution in [3.8, 4) is 0 Å². The highest BCUT2D eigenvalue weighted by atomic mass is 32.2. The van der Waals surface area contributed by atoms with Crippen molar-refractivity contribution in [1.29, 1.82) is 0 Å². The highest BCUT2D eigenvalue weighted by molar-refractivity contribution is 7.89. The van der Waals surface area contributed by atoms with Gasteiger partial charge in [-0.05, 0) is 24.6 Å². The minimum absolute atomic E-state index is 0.000653. The van der Waals surface area contributed by atoms with E-state index in [2.05, 4.69) is 4.72 Å². The summed E-state index contributed by atoms with van der Waals surface area (Å²) in [7, 11) is -4.12. The van der Waals surface area contributed by atoms with Crippen LogP contribution in [0.25, 0.3) is 5.70 Å². The molecule has 0 saturated carbocycles. The van der Waals surface area contributed by atoms with Gasteiger partial charge >= 0.3 is 0 Å². The van der Waals surface area contributed by atoms with Crippen molar-refractivity contribution in [1.82, 2.24) is 9.29 Å². The predicted molar refractivity (Wildman–Crippen MR) is 130 cm³/mol. The number of Topliss-reactive ketones (excluding diaryl/α,β-unsaturated/α-hetero) is 2. The molecule has 8 heteroatoms. The fraction of sp³-hybridized carbons (Fsp3) is 0.0741. The van der Waals surface area contributed by atoms with Crippen LogP contribution in [-0.2, 0) is 16.6 Å². The maximum absolute atomic E-state index is 13.5. The van der Waals surface area contributed by atoms with E-state index in [4.69, 9.17) is 0 Å². The van der Waals surface area contributed by atoms with Gasteiger partial charge in [-0.1, -0.05) is 72.3 Å². The number of nitrogens with one attached hydrogen (secondary N) is 1. The van der Waals surface area contributed by atoms with E-state index in [-0.39, 0.29) is 27.4 Å². The Balaban J connectivity index is 1.60. The molecule has 0 aliphatic heterocycles. The van der Waals surface area contributed by atoms with E-state index in [0.29, 0.717) is 6.54 Å². The zero-order chi connectivity index (χ0) is 24.6. The number of imidazole rings is 1. The van der Waals surface area contributed by atoms with Crippen LogP contribution in [-0.4, -0.2) is 24.6 Å². The molecule has 1 aromatic heterocycles. The molecule has 0 fully saturated rings. The van der Waals surface area contributed by atoms with Gasteiger partial charge in [0.05, 0.1) is 4.90 Å². The first-order valence-electron chi connectivity index (χ1n) is 11.0. The van der Waals surface area contributed by atoms with Gasteiger partial charge in [0.1, 0.15) is 24.6 Å². The number of benzene rings is 3. The number of aromatic nitrogens is 2. The second kappa shape index (κ2) is 8.81. The molecule has 3 aromatic carbocycles. The topological polar surface area (TPSA) is 89.1 Å². The average Bonchev–Trinajstić information content (AvgIpc) is 3.31. The summed E-state index contributed by atoms with van der Waals surface area (Å²) in [6.45, 7) is 2.39. The second-order valence-corrected chi connectivity index (χ2v) is 10.0. The monoisotopic (exact) mass is 484 g/mol. The van der Waals surface area contributed by atoms with Crippen LogP contribution in [0.4, 0.5) is 0 Å². The lowest BCUT2D eigenvalue weighted by Gasteiger charge is -2.19. The van der Waals surface area contributed by atoms with E-state index in [0.717, 1.165) is 11.1 Å². The molecule has 0 amide bonds. The van der Waals surface area contributed by atoms with Gasteiger partial charge < -0.3 is 0 Å². The molecule has 0 saturated heterocycles. The molecular weight excluding hydrogens is 462 g/mol. The van der Waals surface area contributed by atoms with E-state index >= 15 is 0 Å². The van der Waals surface area contributed by atoms with Gasteiger partial charge in [0.25, 0.3) is 10.0 Å². The minimum atomic E-state index is -4.12. The molecule has 1 aliphatic carbocycles. The third kappa shape index (κ3) is 4.31. The Bertz CT molecular complexity index is 1580. The van der Waals surface area contributed by atoms with Crippen molar-refractivity contribution in [2.75, 3.05) is 0 Å². The van der Waals surface area contributed by atoms with Crippen molar-refractivity contribution in [3.63, 3.8) is 0 Å². The van der Waals surface area contributed by atoms with Crippen LogP contribution in [0, 0.1) is 6.92 Å². The van der Waals surface area contributed by atoms with Gasteiger partial charge in [-0.25, -0.2) is 13.0 Å². The summed E-state index contributed by atoms with van der Waals surface area (Å²) < 4.78 is 32.1. The molecule has 7 nitrogen and oxygen atoms in total. The van der Waals surface area contributed by atoms with Crippen LogP contribution in [0.2, 0.25) is 0 Å². The fourth-order valence-electron chi connectivity index (χ4n) is 4.03. The summed E-state index contributed by atoms with van der Waals surface area (Å²) in [5.74, 6) is -1.00. The van der Waals surface area contributed by atoms with Gasteiger partial charge in [0, 0.05) is 11.1 Å². The van der Waals surface area contributed by atoms with E-state index in [1.54, 1.807) is 49.1 Å². The highest BCUT2D eigenvalue weighted by Gasteiger charge is 2.38. The number of hydrogen-bond acceptors (Lipinski definition) is 4. The zero-order valence-electron chi connectivity index (χ0n) is 18.9. The minimum Gasteiger partial charge on any atom is -0.287 e. The van der Waals surface area contributed by atoms with Crippen LogP contribution in [0.15, 0.2) is 108 Å². The number of aryl methyl sites for hydroxylation is 1. The summed E-state index contributed by atoms with van der Waals surface area (Å²) in [5, 5.41) is 0. The lowest BCUT2D eigenvalue weighted by molar-refractivity contribution is -0.687. The van der Waals surface area contributed by atoms with Crippen molar-refractivity contribution in [3.05, 3.63) is 126 Å². The largest absolute Gasteiger partial charge is 0.287 e. The number of sulfonamides is 1. The summed E-state index contributed by atoms with van der Waals surface area (Å²) in [5.41, 5.74) is 2.02. The van der Waals surface area contributed by atoms with E-state index in [9.17, 15) is 18.0 Å². The summed E-state index contributed by atoms with van der Waals surface area (Å²) in [6.07, 6.45) is 5.07. The van der Waals surface area contributed by atoms with Crippen molar-refractivity contribution in [2.45, 2.75) is 18.4 Å². The Labute approximate surface area is 203 Å². The van der Waals surface area contributed by atoms with Crippen LogP contribution < -0.4 is 9.29 Å². The second-order valence-electron chi connectivity index (χ2n) is 8.32. The zero-order valence-corrected chi connectivity index (χ0v) is 19.7. The van der Waals surface area contributed by atoms with E-state index in [1.165, 1.54) is 22.8 Å². The van der Waals surface area contributed by atoms with Gasteiger partial charge in [0.15, 0.2) is 0 Å². The highest BCUT2D eigenvalue weighted by Crippen LogP contribution is 2.29. The van der Waals surface area contributed by atoms with E-state index in [1.807, 2.05) is 41.8 Å². The first kappa shape index (κ1) is 22.5. The first-order chi connectivity index (χ1) is 16.8. The van der Waals surface area contributed by atoms with Crippen LogP contribution >= 0.6 is 0 Å². The molecule has 4 aromatic rings. The molecular formula is C27H22N3O4S+. The molecule has 35 heavy (non-hydrogen) atoms. The maximum Gasteiger partial charge on any atom is 0.262 e. The molecule has 0 bridgehead atoms. The van der Waals surface area contributed by atoms with Crippen molar-refractivity contribution < 1.29 is 22.6 Å². The van der Waals surface area contributed by atoms with E-state index < -0.39 is 21.6 Å². The average molecular weight is 485 g/mol. The van der Waals surface area contributed by atoms with Gasteiger partial charge in [-0.3, -0.25) is 14.3 Å². The van der Waals surface area contributed by atoms with Gasteiger partial charge in [-0.15, -0.1) is 0 Å². The summed E-state index contributed by atoms with van der Waals surface area (Å²) in [4.78, 5) is 27.0. The number of rotatable bonds is 6. The van der Waals surface area contributed by atoms with Crippen molar-refractivity contribution >= 4 is 27.3 Å². The molecule has 0 atom stereocenters. The SMILES string of the molecule is Cc1ccc(S(=O)(=O)NC2=C(n3cc[n+](Cc4ccccc4)c3)C(=O)c3ccccc3C2=O)cc1. The Morgan fingerprint density at radius 3 is 2.14 bits per heavy atom. The molecule has 0 radical (unpaired) electrons. The number of allylic oxidation sites excluding steroid dienone is 2. The van der Waals surface area contributed by atoms with Crippen LogP contribution in [0.1, 0.15) is 31.8 Å². The third-order valence-corrected chi connectivity index (χ3v) is 7.19. The number of hydrogen-bond donors (Lipinski definition) is 1. The quantitative estimate of drug-likeness (QED) is 0.425. The van der Waals surface area contributed by atoms with Gasteiger partial charge in [0.2, 0.25) is 23.6 Å². The van der Waals surface area contributed by atoms with Crippen LogP contribution in [0.3, 0.4) is 0 Å². The number of fused-ring (bicyclic) bond motifs is 1. The Hall–Kier alpha value is -4.30. The predicted octanol–water partition coefficient (Wildman–Crippen LogP) is 3.36. The third-order valence-electron chi connectivity index (χ3n) is 5.82. The molecule has 0 unspecified atom stereocenters. The molecule has 0 spiro atoms. The lowest BCUT2D eigenvalue weighted by Crippen LogP contribution is -2.36. The molecule has 1 N–H and O–H groups in total. The number of ketones is 2. The fourth-order valence-corrected chi connectivity index (χ4v) is 5.10.